The number of amides is 1. The maximum atomic E-state index is 12.1. The van der Waals surface area contributed by atoms with Crippen molar-refractivity contribution in [2.24, 2.45) is 0 Å². The molecule has 1 aromatic heterocycles. The molecule has 1 unspecified atom stereocenters. The van der Waals surface area contributed by atoms with Crippen LogP contribution in [0.2, 0.25) is 0 Å². The largest absolute Gasteiger partial charge is 0.370 e. The van der Waals surface area contributed by atoms with E-state index < -0.39 is 0 Å². The van der Waals surface area contributed by atoms with Crippen LogP contribution in [0.15, 0.2) is 48.7 Å². The first-order valence-electron chi connectivity index (χ1n) is 7.23. The van der Waals surface area contributed by atoms with Gasteiger partial charge >= 0.3 is 0 Å². The smallest absolute Gasteiger partial charge is 0.252 e. The first kappa shape index (κ1) is 15.0. The van der Waals surface area contributed by atoms with Crippen molar-refractivity contribution in [2.45, 2.75) is 19.8 Å². The van der Waals surface area contributed by atoms with Gasteiger partial charge in [-0.2, -0.15) is 0 Å². The number of aromatic nitrogens is 1. The number of nitrogens with one attached hydrogen (secondary N) is 2. The van der Waals surface area contributed by atoms with Gasteiger partial charge in [0.1, 0.15) is 5.82 Å². The molecule has 0 saturated heterocycles. The van der Waals surface area contributed by atoms with Crippen molar-refractivity contribution in [2.75, 3.05) is 18.4 Å². The fourth-order valence-corrected chi connectivity index (χ4v) is 2.06. The fourth-order valence-electron chi connectivity index (χ4n) is 2.06. The Morgan fingerprint density at radius 2 is 1.95 bits per heavy atom. The second-order valence-corrected chi connectivity index (χ2v) is 4.98. The Bertz CT molecular complexity index is 566. The monoisotopic (exact) mass is 283 g/mol. The van der Waals surface area contributed by atoms with Gasteiger partial charge in [-0.1, -0.05) is 37.3 Å². The average Bonchev–Trinajstić information content (AvgIpc) is 2.54. The third-order valence-corrected chi connectivity index (χ3v) is 3.32. The van der Waals surface area contributed by atoms with E-state index in [-0.39, 0.29) is 11.8 Å². The van der Waals surface area contributed by atoms with Crippen LogP contribution >= 0.6 is 0 Å². The number of carbonyl (C=O) groups is 1. The van der Waals surface area contributed by atoms with E-state index in [1.807, 2.05) is 31.2 Å². The van der Waals surface area contributed by atoms with Gasteiger partial charge in [0.2, 0.25) is 0 Å². The second kappa shape index (κ2) is 7.43. The highest BCUT2D eigenvalue weighted by Gasteiger charge is 2.09. The lowest BCUT2D eigenvalue weighted by Crippen LogP contribution is -2.27. The summed E-state index contributed by atoms with van der Waals surface area (Å²) >= 11 is 0. The van der Waals surface area contributed by atoms with E-state index in [2.05, 4.69) is 34.7 Å². The van der Waals surface area contributed by atoms with Gasteiger partial charge in [0.15, 0.2) is 0 Å². The van der Waals surface area contributed by atoms with Crippen LogP contribution in [0.25, 0.3) is 0 Å². The van der Waals surface area contributed by atoms with Crippen LogP contribution in [0, 0.1) is 0 Å². The van der Waals surface area contributed by atoms with Crippen LogP contribution in [0.5, 0.6) is 0 Å². The normalized spacial score (nSPS) is 11.7. The molecule has 0 saturated carbocycles. The topological polar surface area (TPSA) is 54.0 Å². The van der Waals surface area contributed by atoms with E-state index >= 15 is 0 Å². The molecule has 0 fully saturated rings. The van der Waals surface area contributed by atoms with E-state index in [1.165, 1.54) is 5.56 Å². The number of benzene rings is 1. The van der Waals surface area contributed by atoms with Gasteiger partial charge in [0.25, 0.3) is 5.91 Å². The van der Waals surface area contributed by atoms with Crippen molar-refractivity contribution in [3.05, 3.63) is 59.8 Å². The molecule has 21 heavy (non-hydrogen) atoms. The summed E-state index contributed by atoms with van der Waals surface area (Å²) in [6, 6.07) is 13.8. The minimum absolute atomic E-state index is 0.0895. The number of carbonyl (C=O) groups excluding carboxylic acids is 1. The Hall–Kier alpha value is -2.36. The maximum Gasteiger partial charge on any atom is 0.252 e. The third kappa shape index (κ3) is 4.31. The van der Waals surface area contributed by atoms with Gasteiger partial charge in [0.05, 0.1) is 5.56 Å². The number of nitrogens with zero attached hydrogens (tertiary/aromatic N) is 1. The summed E-state index contributed by atoms with van der Waals surface area (Å²) in [5.74, 6) is 0.976. The molecule has 1 aromatic carbocycles. The Kier molecular flexibility index (Phi) is 5.32. The molecule has 1 amide bonds. The molecule has 0 bridgehead atoms. The number of rotatable bonds is 6. The minimum atomic E-state index is -0.0895. The van der Waals surface area contributed by atoms with Gasteiger partial charge in [-0.3, -0.25) is 4.79 Å². The third-order valence-electron chi connectivity index (χ3n) is 3.32. The van der Waals surface area contributed by atoms with Crippen molar-refractivity contribution in [3.8, 4) is 0 Å². The summed E-state index contributed by atoms with van der Waals surface area (Å²) in [5.41, 5.74) is 1.80. The summed E-state index contributed by atoms with van der Waals surface area (Å²) in [5, 5.41) is 6.05. The highest BCUT2D eigenvalue weighted by atomic mass is 16.1. The van der Waals surface area contributed by atoms with Crippen molar-refractivity contribution >= 4 is 11.7 Å². The van der Waals surface area contributed by atoms with Crippen LogP contribution in [0.3, 0.4) is 0 Å². The van der Waals surface area contributed by atoms with E-state index in [0.29, 0.717) is 12.1 Å². The Morgan fingerprint density at radius 1 is 1.19 bits per heavy atom. The summed E-state index contributed by atoms with van der Waals surface area (Å²) in [6.45, 7) is 5.53. The van der Waals surface area contributed by atoms with E-state index in [1.54, 1.807) is 12.3 Å². The highest BCUT2D eigenvalue weighted by molar-refractivity contribution is 5.94. The standard InChI is InChI=1S/C17H21N3O/c1-3-18-16-10-9-15(12-19-16)17(21)20-11-13(2)14-7-5-4-6-8-14/h4-10,12-13H,3,11H2,1-2H3,(H,18,19)(H,20,21). The molecule has 4 heteroatoms. The SMILES string of the molecule is CCNc1ccc(C(=O)NCC(C)c2ccccc2)cn1. The zero-order valence-electron chi connectivity index (χ0n) is 12.5. The molecule has 2 aromatic rings. The van der Waals surface area contributed by atoms with Crippen molar-refractivity contribution < 1.29 is 4.79 Å². The molecule has 2 rings (SSSR count). The molecule has 0 aliphatic rings. The number of pyridine rings is 1. The molecular formula is C17H21N3O. The van der Waals surface area contributed by atoms with Gasteiger partial charge < -0.3 is 10.6 Å². The quantitative estimate of drug-likeness (QED) is 0.856. The summed E-state index contributed by atoms with van der Waals surface area (Å²) in [6.07, 6.45) is 1.60. The molecule has 0 spiro atoms. The lowest BCUT2D eigenvalue weighted by molar-refractivity contribution is 0.0951. The lowest BCUT2D eigenvalue weighted by atomic mass is 10.0. The van der Waals surface area contributed by atoms with Crippen LogP contribution in [-0.2, 0) is 0 Å². The Labute approximate surface area is 125 Å². The lowest BCUT2D eigenvalue weighted by Gasteiger charge is -2.13. The van der Waals surface area contributed by atoms with Crippen LogP contribution < -0.4 is 10.6 Å². The highest BCUT2D eigenvalue weighted by Crippen LogP contribution is 2.13. The molecule has 2 N–H and O–H groups in total. The summed E-state index contributed by atoms with van der Waals surface area (Å²) < 4.78 is 0. The number of anilines is 1. The molecule has 1 heterocycles. The van der Waals surface area contributed by atoms with Crippen LogP contribution in [0.1, 0.15) is 35.7 Å². The zero-order chi connectivity index (χ0) is 15.1. The van der Waals surface area contributed by atoms with Crippen molar-refractivity contribution in [1.29, 1.82) is 0 Å². The number of hydrogen-bond donors (Lipinski definition) is 2. The zero-order valence-corrected chi connectivity index (χ0v) is 12.5. The van der Waals surface area contributed by atoms with Crippen LogP contribution in [0.4, 0.5) is 5.82 Å². The van der Waals surface area contributed by atoms with E-state index in [4.69, 9.17) is 0 Å². The minimum Gasteiger partial charge on any atom is -0.370 e. The van der Waals surface area contributed by atoms with Gasteiger partial charge in [-0.05, 0) is 30.5 Å². The molecule has 0 aliphatic carbocycles. The first-order chi connectivity index (χ1) is 10.2. The van der Waals surface area contributed by atoms with Gasteiger partial charge in [-0.25, -0.2) is 4.98 Å². The summed E-state index contributed by atoms with van der Waals surface area (Å²) in [4.78, 5) is 16.3. The second-order valence-electron chi connectivity index (χ2n) is 4.98. The van der Waals surface area contributed by atoms with Crippen molar-refractivity contribution in [3.63, 3.8) is 0 Å². The maximum absolute atomic E-state index is 12.1. The van der Waals surface area contributed by atoms with Gasteiger partial charge in [0, 0.05) is 19.3 Å². The molecule has 110 valence electrons. The predicted octanol–water partition coefficient (Wildman–Crippen LogP) is 3.05. The first-order valence-corrected chi connectivity index (χ1v) is 7.23. The molecule has 0 radical (unpaired) electrons. The van der Waals surface area contributed by atoms with Gasteiger partial charge in [-0.15, -0.1) is 0 Å². The van der Waals surface area contributed by atoms with E-state index in [9.17, 15) is 4.79 Å². The predicted molar refractivity (Wildman–Crippen MR) is 85.6 cm³/mol. The number of hydrogen-bond acceptors (Lipinski definition) is 3. The molecule has 0 aliphatic heterocycles. The molecule has 4 nitrogen and oxygen atoms in total. The van der Waals surface area contributed by atoms with Crippen molar-refractivity contribution in [1.82, 2.24) is 10.3 Å². The Balaban J connectivity index is 1.89. The van der Waals surface area contributed by atoms with E-state index in [0.717, 1.165) is 12.4 Å². The molecular weight excluding hydrogens is 262 g/mol. The fraction of sp³-hybridized carbons (Fsp3) is 0.294. The summed E-state index contributed by atoms with van der Waals surface area (Å²) in [7, 11) is 0. The molecule has 1 atom stereocenters. The van der Waals surface area contributed by atoms with Crippen LogP contribution in [-0.4, -0.2) is 24.0 Å². The Morgan fingerprint density at radius 3 is 2.57 bits per heavy atom. The average molecular weight is 283 g/mol.